The van der Waals surface area contributed by atoms with Crippen LogP contribution >= 0.6 is 0 Å². The number of aliphatic hydroxyl groups excluding tert-OH is 2. The molecule has 0 saturated heterocycles. The predicted octanol–water partition coefficient (Wildman–Crippen LogP) is 7.44. The Bertz CT molecular complexity index is 697. The minimum atomic E-state index is 0.220. The molecule has 4 rings (SSSR count). The van der Waals surface area contributed by atoms with E-state index in [2.05, 4.69) is 25.1 Å². The number of hydrogen-bond donors (Lipinski definition) is 2. The van der Waals surface area contributed by atoms with Crippen molar-refractivity contribution >= 4 is 0 Å². The van der Waals surface area contributed by atoms with Crippen molar-refractivity contribution < 1.29 is 10.2 Å². The number of hydrogen-bond acceptors (Lipinski definition) is 2. The molecule has 1 aromatic carbocycles. The molecule has 33 heavy (non-hydrogen) atoms. The first-order chi connectivity index (χ1) is 16.2. The highest BCUT2D eigenvalue weighted by Gasteiger charge is 2.33. The van der Waals surface area contributed by atoms with E-state index < -0.39 is 0 Å². The molecule has 2 N–H and O–H groups in total. The SMILES string of the molecule is CCCCCC1CCc2cc(C3CCC(C4CCC(C(CO)CCO)CC4)CC3)ccc2C1. The summed E-state index contributed by atoms with van der Waals surface area (Å²) >= 11 is 0. The lowest BCUT2D eigenvalue weighted by Gasteiger charge is -2.39. The Morgan fingerprint density at radius 2 is 1.58 bits per heavy atom. The average molecular weight is 455 g/mol. The highest BCUT2D eigenvalue weighted by molar-refractivity contribution is 5.36. The van der Waals surface area contributed by atoms with E-state index in [4.69, 9.17) is 0 Å². The minimum absolute atomic E-state index is 0.220. The van der Waals surface area contributed by atoms with Crippen LogP contribution in [-0.2, 0) is 12.8 Å². The fourth-order valence-corrected chi connectivity index (χ4v) is 7.69. The zero-order chi connectivity index (χ0) is 23.0. The van der Waals surface area contributed by atoms with Gasteiger partial charge >= 0.3 is 0 Å². The molecule has 186 valence electrons. The third-order valence-electron chi connectivity index (χ3n) is 9.90. The Labute approximate surface area is 203 Å². The number of aliphatic hydroxyl groups is 2. The molecule has 3 aliphatic rings. The van der Waals surface area contributed by atoms with Crippen LogP contribution in [0.5, 0.6) is 0 Å². The lowest BCUT2D eigenvalue weighted by Crippen LogP contribution is -2.29. The molecule has 2 atom stereocenters. The van der Waals surface area contributed by atoms with Crippen LogP contribution in [-0.4, -0.2) is 23.4 Å². The van der Waals surface area contributed by atoms with Gasteiger partial charge in [-0.3, -0.25) is 0 Å². The second-order valence-electron chi connectivity index (χ2n) is 11.9. The molecular weight excluding hydrogens is 404 g/mol. The number of rotatable bonds is 10. The van der Waals surface area contributed by atoms with E-state index in [1.807, 2.05) is 0 Å². The first-order valence-corrected chi connectivity index (χ1v) is 14.5. The highest BCUT2D eigenvalue weighted by Crippen LogP contribution is 2.45. The van der Waals surface area contributed by atoms with Gasteiger partial charge in [-0.2, -0.15) is 0 Å². The third-order valence-corrected chi connectivity index (χ3v) is 9.90. The molecule has 2 unspecified atom stereocenters. The molecule has 0 aliphatic heterocycles. The van der Waals surface area contributed by atoms with Gasteiger partial charge in [-0.1, -0.05) is 50.8 Å². The van der Waals surface area contributed by atoms with Crippen LogP contribution in [0.1, 0.15) is 119 Å². The smallest absolute Gasteiger partial charge is 0.0462 e. The van der Waals surface area contributed by atoms with Gasteiger partial charge in [0.05, 0.1) is 0 Å². The van der Waals surface area contributed by atoms with E-state index >= 15 is 0 Å². The summed E-state index contributed by atoms with van der Waals surface area (Å²) in [6, 6.07) is 7.58. The van der Waals surface area contributed by atoms with Crippen LogP contribution in [0.3, 0.4) is 0 Å². The van der Waals surface area contributed by atoms with Gasteiger partial charge in [0.1, 0.15) is 0 Å². The van der Waals surface area contributed by atoms with E-state index in [1.165, 1.54) is 96.3 Å². The molecule has 2 heteroatoms. The summed E-state index contributed by atoms with van der Waals surface area (Å²) in [6.45, 7) is 2.78. The lowest BCUT2D eigenvalue weighted by atomic mass is 9.66. The van der Waals surface area contributed by atoms with Crippen molar-refractivity contribution in [3.63, 3.8) is 0 Å². The van der Waals surface area contributed by atoms with Crippen LogP contribution in [0.25, 0.3) is 0 Å². The van der Waals surface area contributed by atoms with Crippen LogP contribution < -0.4 is 0 Å². The van der Waals surface area contributed by atoms with Gasteiger partial charge in [0.25, 0.3) is 0 Å². The molecule has 0 amide bonds. The van der Waals surface area contributed by atoms with Crippen molar-refractivity contribution in [1.82, 2.24) is 0 Å². The van der Waals surface area contributed by atoms with E-state index in [0.717, 1.165) is 30.1 Å². The molecule has 0 radical (unpaired) electrons. The summed E-state index contributed by atoms with van der Waals surface area (Å²) in [7, 11) is 0. The fraction of sp³-hybridized carbons (Fsp3) is 0.806. The van der Waals surface area contributed by atoms with Gasteiger partial charge in [-0.15, -0.1) is 0 Å². The standard InChI is InChI=1S/C31H50O2/c1-2-3-4-5-23-6-7-30-21-29(17-16-28(30)20-23)26-12-8-24(9-13-26)25-10-14-27(15-11-25)31(22-33)18-19-32/h16-17,21,23-27,31-33H,2-15,18-20,22H2,1H3. The maximum absolute atomic E-state index is 9.68. The van der Waals surface area contributed by atoms with Crippen LogP contribution in [0.15, 0.2) is 18.2 Å². The Balaban J connectivity index is 1.24. The van der Waals surface area contributed by atoms with Gasteiger partial charge in [0, 0.05) is 13.2 Å². The zero-order valence-electron chi connectivity index (χ0n) is 21.3. The first kappa shape index (κ1) is 25.2. The van der Waals surface area contributed by atoms with Crippen molar-refractivity contribution in [2.75, 3.05) is 13.2 Å². The van der Waals surface area contributed by atoms with Gasteiger partial charge in [-0.25, -0.2) is 0 Å². The molecule has 0 heterocycles. The fourth-order valence-electron chi connectivity index (χ4n) is 7.69. The van der Waals surface area contributed by atoms with Gasteiger partial charge in [0.2, 0.25) is 0 Å². The Kier molecular flexibility index (Phi) is 9.74. The second kappa shape index (κ2) is 12.7. The molecule has 2 saturated carbocycles. The van der Waals surface area contributed by atoms with Crippen molar-refractivity contribution in [1.29, 1.82) is 0 Å². The Hall–Kier alpha value is -0.860. The summed E-state index contributed by atoms with van der Waals surface area (Å²) in [4.78, 5) is 0. The lowest BCUT2D eigenvalue weighted by molar-refractivity contribution is 0.0869. The third kappa shape index (κ3) is 6.63. The summed E-state index contributed by atoms with van der Waals surface area (Å²) in [5.41, 5.74) is 4.95. The predicted molar refractivity (Wildman–Crippen MR) is 139 cm³/mol. The highest BCUT2D eigenvalue weighted by atomic mass is 16.3. The summed E-state index contributed by atoms with van der Waals surface area (Å²) in [5.74, 6) is 4.50. The van der Waals surface area contributed by atoms with E-state index in [-0.39, 0.29) is 13.2 Å². The average Bonchev–Trinajstić information content (AvgIpc) is 2.87. The summed E-state index contributed by atoms with van der Waals surface area (Å²) in [5, 5.41) is 19.0. The first-order valence-electron chi connectivity index (χ1n) is 14.5. The normalized spacial score (nSPS) is 31.2. The second-order valence-corrected chi connectivity index (χ2v) is 11.9. The number of fused-ring (bicyclic) bond motifs is 1. The summed E-state index contributed by atoms with van der Waals surface area (Å²) in [6.07, 6.45) is 21.2. The molecule has 2 fully saturated rings. The zero-order valence-corrected chi connectivity index (χ0v) is 21.3. The molecule has 0 spiro atoms. The van der Waals surface area contributed by atoms with Crippen molar-refractivity contribution in [2.24, 2.45) is 29.6 Å². The number of benzene rings is 1. The molecule has 3 aliphatic carbocycles. The van der Waals surface area contributed by atoms with E-state index in [9.17, 15) is 10.2 Å². The number of aryl methyl sites for hydroxylation is 1. The Morgan fingerprint density at radius 3 is 2.24 bits per heavy atom. The topological polar surface area (TPSA) is 40.5 Å². The van der Waals surface area contributed by atoms with E-state index in [1.54, 1.807) is 16.7 Å². The van der Waals surface area contributed by atoms with Gasteiger partial charge in [-0.05, 0) is 129 Å². The van der Waals surface area contributed by atoms with Gasteiger partial charge < -0.3 is 10.2 Å². The molecular formula is C31H50O2. The maximum atomic E-state index is 9.68. The monoisotopic (exact) mass is 454 g/mol. The largest absolute Gasteiger partial charge is 0.396 e. The minimum Gasteiger partial charge on any atom is -0.396 e. The van der Waals surface area contributed by atoms with E-state index in [0.29, 0.717) is 11.8 Å². The Morgan fingerprint density at radius 1 is 0.848 bits per heavy atom. The van der Waals surface area contributed by atoms with Gasteiger partial charge in [0.15, 0.2) is 0 Å². The quantitative estimate of drug-likeness (QED) is 0.361. The maximum Gasteiger partial charge on any atom is 0.0462 e. The van der Waals surface area contributed by atoms with Crippen LogP contribution in [0, 0.1) is 29.6 Å². The summed E-state index contributed by atoms with van der Waals surface area (Å²) < 4.78 is 0. The van der Waals surface area contributed by atoms with Crippen molar-refractivity contribution in [3.05, 3.63) is 34.9 Å². The van der Waals surface area contributed by atoms with Crippen molar-refractivity contribution in [2.45, 2.75) is 116 Å². The van der Waals surface area contributed by atoms with Crippen molar-refractivity contribution in [3.8, 4) is 0 Å². The molecule has 0 aromatic heterocycles. The molecule has 1 aromatic rings. The molecule has 0 bridgehead atoms. The van der Waals surface area contributed by atoms with Crippen LogP contribution in [0.4, 0.5) is 0 Å². The molecule has 2 nitrogen and oxygen atoms in total. The number of unbranched alkanes of at least 4 members (excludes halogenated alkanes) is 2. The van der Waals surface area contributed by atoms with Crippen LogP contribution in [0.2, 0.25) is 0 Å².